The molecule has 0 spiro atoms. The average Bonchev–Trinajstić information content (AvgIpc) is 2.52. The van der Waals surface area contributed by atoms with E-state index >= 15 is 0 Å². The fourth-order valence-electron chi connectivity index (χ4n) is 2.76. The van der Waals surface area contributed by atoms with E-state index in [1.807, 2.05) is 0 Å². The number of rotatable bonds is 6. The molecule has 1 aromatic carbocycles. The lowest BCUT2D eigenvalue weighted by Gasteiger charge is -2.33. The van der Waals surface area contributed by atoms with Crippen LogP contribution in [0.4, 0.5) is 11.4 Å². The zero-order valence-electron chi connectivity index (χ0n) is 12.7. The first-order valence-electron chi connectivity index (χ1n) is 7.43. The van der Waals surface area contributed by atoms with Crippen molar-refractivity contribution in [2.75, 3.05) is 38.2 Å². The minimum absolute atomic E-state index is 0.154. The number of hydrogen-bond donors (Lipinski definition) is 1. The Morgan fingerprint density at radius 3 is 2.71 bits per heavy atom. The predicted octanol–water partition coefficient (Wildman–Crippen LogP) is 2.43. The number of benzene rings is 1. The molecule has 0 bridgehead atoms. The molecule has 0 aromatic heterocycles. The van der Waals surface area contributed by atoms with E-state index in [1.165, 1.54) is 6.07 Å². The summed E-state index contributed by atoms with van der Waals surface area (Å²) in [4.78, 5) is 13.0. The molecule has 1 aliphatic rings. The van der Waals surface area contributed by atoms with Crippen LogP contribution in [0.1, 0.15) is 19.8 Å². The normalized spacial score (nSPS) is 16.0. The molecular weight excluding hydrogens is 270 g/mol. The van der Waals surface area contributed by atoms with Crippen molar-refractivity contribution in [2.24, 2.45) is 5.92 Å². The predicted molar refractivity (Wildman–Crippen MR) is 83.1 cm³/mol. The molecule has 2 rings (SSSR count). The van der Waals surface area contributed by atoms with Gasteiger partial charge in [0.1, 0.15) is 11.4 Å². The molecule has 0 radical (unpaired) electrons. The second-order valence-corrected chi connectivity index (χ2v) is 5.35. The molecule has 0 aliphatic carbocycles. The monoisotopic (exact) mass is 293 g/mol. The minimum Gasteiger partial charge on any atom is -0.497 e. The highest BCUT2D eigenvalue weighted by Crippen LogP contribution is 2.34. The van der Waals surface area contributed by atoms with E-state index in [4.69, 9.17) is 4.74 Å². The summed E-state index contributed by atoms with van der Waals surface area (Å²) in [6.45, 7) is 5.83. The van der Waals surface area contributed by atoms with Crippen molar-refractivity contribution >= 4 is 11.4 Å². The van der Waals surface area contributed by atoms with Crippen molar-refractivity contribution in [1.29, 1.82) is 0 Å². The van der Waals surface area contributed by atoms with Crippen LogP contribution < -0.4 is 15.0 Å². The number of hydrogen-bond acceptors (Lipinski definition) is 5. The Hall–Kier alpha value is -1.82. The molecule has 0 amide bonds. The Bertz CT molecular complexity index is 485. The summed E-state index contributed by atoms with van der Waals surface area (Å²) in [6.07, 6.45) is 2.11. The van der Waals surface area contributed by atoms with Gasteiger partial charge in [-0.1, -0.05) is 6.92 Å². The lowest BCUT2D eigenvalue weighted by Crippen LogP contribution is -2.37. The summed E-state index contributed by atoms with van der Waals surface area (Å²) in [7, 11) is 1.58. The minimum atomic E-state index is -0.320. The first-order chi connectivity index (χ1) is 10.2. The van der Waals surface area contributed by atoms with Crippen LogP contribution in [0.15, 0.2) is 18.2 Å². The molecule has 1 heterocycles. The molecule has 0 saturated carbocycles. The lowest BCUT2D eigenvalue weighted by atomic mass is 9.96. The van der Waals surface area contributed by atoms with Gasteiger partial charge >= 0.3 is 0 Å². The maximum atomic E-state index is 11.2. The average molecular weight is 293 g/mol. The maximum Gasteiger partial charge on any atom is 0.292 e. The summed E-state index contributed by atoms with van der Waals surface area (Å²) < 4.78 is 5.20. The number of ether oxygens (including phenoxy) is 1. The van der Waals surface area contributed by atoms with E-state index in [0.29, 0.717) is 17.4 Å². The molecular formula is C15H23N3O3. The molecule has 0 unspecified atom stereocenters. The maximum absolute atomic E-state index is 11.2. The van der Waals surface area contributed by atoms with Gasteiger partial charge in [-0.3, -0.25) is 10.1 Å². The number of methoxy groups -OCH3 is 1. The highest BCUT2D eigenvalue weighted by molar-refractivity contribution is 5.66. The van der Waals surface area contributed by atoms with E-state index in [2.05, 4.69) is 17.1 Å². The summed E-state index contributed by atoms with van der Waals surface area (Å²) in [6, 6.07) is 4.93. The number of piperidine rings is 1. The van der Waals surface area contributed by atoms with E-state index in [-0.39, 0.29) is 10.6 Å². The quantitative estimate of drug-likeness (QED) is 0.644. The molecule has 1 aromatic rings. The van der Waals surface area contributed by atoms with Gasteiger partial charge in [0.15, 0.2) is 0 Å². The Balaban J connectivity index is 2.09. The Morgan fingerprint density at radius 1 is 1.43 bits per heavy atom. The third kappa shape index (κ3) is 3.85. The van der Waals surface area contributed by atoms with E-state index in [1.54, 1.807) is 19.2 Å². The largest absolute Gasteiger partial charge is 0.497 e. The topological polar surface area (TPSA) is 67.6 Å². The first kappa shape index (κ1) is 15.6. The van der Waals surface area contributed by atoms with Crippen molar-refractivity contribution in [3.8, 4) is 5.75 Å². The van der Waals surface area contributed by atoms with Gasteiger partial charge in [-0.2, -0.15) is 0 Å². The van der Waals surface area contributed by atoms with Crippen LogP contribution in [0.3, 0.4) is 0 Å². The first-order valence-corrected chi connectivity index (χ1v) is 7.43. The van der Waals surface area contributed by atoms with E-state index < -0.39 is 0 Å². The number of anilines is 1. The van der Waals surface area contributed by atoms with Crippen LogP contribution in [-0.2, 0) is 0 Å². The summed E-state index contributed by atoms with van der Waals surface area (Å²) in [5.74, 6) is 1.32. The van der Waals surface area contributed by atoms with Crippen LogP contribution in [0.5, 0.6) is 5.75 Å². The number of nitro benzene ring substituents is 1. The van der Waals surface area contributed by atoms with Gasteiger partial charge in [0.2, 0.25) is 0 Å². The number of nitrogens with zero attached hydrogens (tertiary/aromatic N) is 2. The third-order valence-corrected chi connectivity index (χ3v) is 4.02. The fraction of sp³-hybridized carbons (Fsp3) is 0.600. The summed E-state index contributed by atoms with van der Waals surface area (Å²) in [5.41, 5.74) is 0.821. The number of nitro groups is 1. The van der Waals surface area contributed by atoms with Gasteiger partial charge in [-0.15, -0.1) is 0 Å². The molecule has 1 N–H and O–H groups in total. The second kappa shape index (κ2) is 7.26. The van der Waals surface area contributed by atoms with Crippen molar-refractivity contribution in [1.82, 2.24) is 5.32 Å². The zero-order valence-corrected chi connectivity index (χ0v) is 12.7. The molecule has 21 heavy (non-hydrogen) atoms. The van der Waals surface area contributed by atoms with Crippen LogP contribution in [-0.4, -0.2) is 38.2 Å². The highest BCUT2D eigenvalue weighted by Gasteiger charge is 2.25. The van der Waals surface area contributed by atoms with Crippen LogP contribution in [0.2, 0.25) is 0 Å². The van der Waals surface area contributed by atoms with Gasteiger partial charge in [-0.25, -0.2) is 0 Å². The summed E-state index contributed by atoms with van der Waals surface area (Å²) in [5, 5.41) is 14.6. The molecule has 0 atom stereocenters. The highest BCUT2D eigenvalue weighted by atomic mass is 16.6. The Labute approximate surface area is 125 Å². The zero-order chi connectivity index (χ0) is 15.2. The van der Waals surface area contributed by atoms with Gasteiger partial charge in [-0.05, 0) is 37.9 Å². The lowest BCUT2D eigenvalue weighted by molar-refractivity contribution is -0.384. The van der Waals surface area contributed by atoms with E-state index in [9.17, 15) is 10.1 Å². The molecule has 1 aliphatic heterocycles. The molecule has 6 nitrogen and oxygen atoms in total. The molecule has 1 fully saturated rings. The van der Waals surface area contributed by atoms with Crippen molar-refractivity contribution < 1.29 is 9.66 Å². The van der Waals surface area contributed by atoms with E-state index in [0.717, 1.165) is 39.0 Å². The van der Waals surface area contributed by atoms with Crippen LogP contribution in [0.25, 0.3) is 0 Å². The SMILES string of the molecule is CCNCC1CCN(c2cc(OC)ccc2[N+](=O)[O-])CC1. The van der Waals surface area contributed by atoms with Crippen LogP contribution >= 0.6 is 0 Å². The standard InChI is InChI=1S/C15H23N3O3/c1-3-16-11-12-6-8-17(9-7-12)15-10-13(21-2)4-5-14(15)18(19)20/h4-5,10,12,16H,3,6-9,11H2,1-2H3. The third-order valence-electron chi connectivity index (χ3n) is 4.02. The smallest absolute Gasteiger partial charge is 0.292 e. The van der Waals surface area contributed by atoms with Gasteiger partial charge < -0.3 is 15.0 Å². The number of nitrogens with one attached hydrogen (secondary N) is 1. The van der Waals surface area contributed by atoms with Gasteiger partial charge in [0.05, 0.1) is 12.0 Å². The molecule has 116 valence electrons. The van der Waals surface area contributed by atoms with Crippen molar-refractivity contribution in [3.63, 3.8) is 0 Å². The van der Waals surface area contributed by atoms with Crippen LogP contribution in [0, 0.1) is 16.0 Å². The van der Waals surface area contributed by atoms with Crippen molar-refractivity contribution in [3.05, 3.63) is 28.3 Å². The van der Waals surface area contributed by atoms with Crippen molar-refractivity contribution in [2.45, 2.75) is 19.8 Å². The van der Waals surface area contributed by atoms with Gasteiger partial charge in [0, 0.05) is 25.2 Å². The second-order valence-electron chi connectivity index (χ2n) is 5.35. The summed E-state index contributed by atoms with van der Waals surface area (Å²) >= 11 is 0. The molecule has 6 heteroatoms. The van der Waals surface area contributed by atoms with Gasteiger partial charge in [0.25, 0.3) is 5.69 Å². The Kier molecular flexibility index (Phi) is 5.38. The fourth-order valence-corrected chi connectivity index (χ4v) is 2.76. The molecule has 1 saturated heterocycles. The Morgan fingerprint density at radius 2 is 2.14 bits per heavy atom.